The number of carbonyl (C=O) groups excluding carboxylic acids is 1. The number of halogens is 4. The average molecular weight is 393 g/mol. The molecule has 1 aliphatic carbocycles. The summed E-state index contributed by atoms with van der Waals surface area (Å²) in [5.41, 5.74) is 6.40. The standard InChI is InChI=1S/C18H23F3N2O2.ClH/c1-17(2)10-23(8-7-15(17)22)16(24)13-9-12(13)11-5-3-4-6-14(11)25-18(19,20)21;/h3-6,12-13,15H,7-10,22H2,1-2H3;1H. The van der Waals surface area contributed by atoms with Gasteiger partial charge < -0.3 is 15.4 Å². The lowest BCUT2D eigenvalue weighted by Gasteiger charge is -2.42. The normalized spacial score (nSPS) is 27.5. The van der Waals surface area contributed by atoms with Crippen molar-refractivity contribution >= 4 is 18.3 Å². The number of amides is 1. The molecule has 2 aliphatic rings. The number of alkyl halides is 3. The minimum absolute atomic E-state index is 0. The lowest BCUT2D eigenvalue weighted by atomic mass is 9.79. The zero-order valence-corrected chi connectivity index (χ0v) is 15.6. The third-order valence-electron chi connectivity index (χ3n) is 5.28. The molecule has 2 fully saturated rings. The first-order valence-corrected chi connectivity index (χ1v) is 8.47. The first kappa shape index (κ1) is 20.8. The number of likely N-dealkylation sites (tertiary alicyclic amines) is 1. The Morgan fingerprint density at radius 3 is 2.58 bits per heavy atom. The van der Waals surface area contributed by atoms with Crippen LogP contribution < -0.4 is 10.5 Å². The molecule has 1 aliphatic heterocycles. The van der Waals surface area contributed by atoms with Gasteiger partial charge in [-0.3, -0.25) is 4.79 Å². The lowest BCUT2D eigenvalue weighted by molar-refractivity contribution is -0.274. The number of benzene rings is 1. The van der Waals surface area contributed by atoms with Crippen molar-refractivity contribution in [3.8, 4) is 5.75 Å². The number of para-hydroxylation sites is 1. The molecule has 3 atom stereocenters. The van der Waals surface area contributed by atoms with Crippen LogP contribution in [0.4, 0.5) is 13.2 Å². The van der Waals surface area contributed by atoms with Crippen molar-refractivity contribution in [3.63, 3.8) is 0 Å². The number of ether oxygens (including phenoxy) is 1. The number of nitrogens with zero attached hydrogens (tertiary/aromatic N) is 1. The molecule has 0 spiro atoms. The third kappa shape index (κ3) is 4.43. The van der Waals surface area contributed by atoms with E-state index in [0.29, 0.717) is 25.1 Å². The predicted octanol–water partition coefficient (Wildman–Crippen LogP) is 3.70. The topological polar surface area (TPSA) is 55.6 Å². The second-order valence-electron chi connectivity index (χ2n) is 7.68. The van der Waals surface area contributed by atoms with Crippen LogP contribution in [-0.2, 0) is 4.79 Å². The molecule has 1 saturated heterocycles. The first-order chi connectivity index (χ1) is 11.6. The van der Waals surface area contributed by atoms with E-state index in [4.69, 9.17) is 5.73 Å². The van der Waals surface area contributed by atoms with Crippen LogP contribution in [0, 0.1) is 11.3 Å². The summed E-state index contributed by atoms with van der Waals surface area (Å²) in [6.45, 7) is 5.26. The molecule has 1 heterocycles. The Hall–Kier alpha value is -1.47. The first-order valence-electron chi connectivity index (χ1n) is 8.47. The zero-order valence-electron chi connectivity index (χ0n) is 14.8. The minimum atomic E-state index is -4.74. The predicted molar refractivity (Wildman–Crippen MR) is 94.2 cm³/mol. The molecule has 0 bridgehead atoms. The number of hydrogen-bond acceptors (Lipinski definition) is 3. The summed E-state index contributed by atoms with van der Waals surface area (Å²) >= 11 is 0. The molecular weight excluding hydrogens is 369 g/mol. The molecule has 146 valence electrons. The van der Waals surface area contributed by atoms with Gasteiger partial charge >= 0.3 is 6.36 Å². The Balaban J connectivity index is 0.00000243. The van der Waals surface area contributed by atoms with E-state index in [1.54, 1.807) is 17.0 Å². The molecule has 3 unspecified atom stereocenters. The van der Waals surface area contributed by atoms with E-state index in [1.807, 2.05) is 13.8 Å². The Bertz CT molecular complexity index is 666. The van der Waals surface area contributed by atoms with Gasteiger partial charge in [0.1, 0.15) is 5.75 Å². The van der Waals surface area contributed by atoms with Crippen LogP contribution in [0.5, 0.6) is 5.75 Å². The summed E-state index contributed by atoms with van der Waals surface area (Å²) in [5, 5.41) is 0. The van der Waals surface area contributed by atoms with Gasteiger partial charge in [0.05, 0.1) is 0 Å². The number of hydrogen-bond donors (Lipinski definition) is 1. The molecule has 4 nitrogen and oxygen atoms in total. The second-order valence-corrected chi connectivity index (χ2v) is 7.68. The Labute approximate surface area is 157 Å². The Kier molecular flexibility index (Phi) is 5.83. The fraction of sp³-hybridized carbons (Fsp3) is 0.611. The van der Waals surface area contributed by atoms with E-state index in [2.05, 4.69) is 4.74 Å². The van der Waals surface area contributed by atoms with Crippen LogP contribution in [0.25, 0.3) is 0 Å². The summed E-state index contributed by atoms with van der Waals surface area (Å²) < 4.78 is 41.8. The fourth-order valence-corrected chi connectivity index (χ4v) is 3.61. The van der Waals surface area contributed by atoms with Gasteiger partial charge in [-0.15, -0.1) is 25.6 Å². The monoisotopic (exact) mass is 392 g/mol. The highest BCUT2D eigenvalue weighted by molar-refractivity contribution is 5.85. The van der Waals surface area contributed by atoms with Gasteiger partial charge in [-0.1, -0.05) is 32.0 Å². The molecule has 0 aromatic heterocycles. The van der Waals surface area contributed by atoms with Crippen molar-refractivity contribution in [2.24, 2.45) is 17.1 Å². The summed E-state index contributed by atoms with van der Waals surface area (Å²) in [4.78, 5) is 14.6. The molecule has 1 aromatic rings. The van der Waals surface area contributed by atoms with Gasteiger partial charge in [-0.2, -0.15) is 0 Å². The maximum atomic E-state index is 12.8. The van der Waals surface area contributed by atoms with Crippen LogP contribution in [0.1, 0.15) is 38.2 Å². The van der Waals surface area contributed by atoms with Gasteiger partial charge in [0.2, 0.25) is 5.91 Å². The van der Waals surface area contributed by atoms with Crippen LogP contribution in [0.15, 0.2) is 24.3 Å². The quantitative estimate of drug-likeness (QED) is 0.853. The third-order valence-corrected chi connectivity index (χ3v) is 5.28. The number of rotatable bonds is 3. The van der Waals surface area contributed by atoms with Crippen molar-refractivity contribution < 1.29 is 22.7 Å². The highest BCUT2D eigenvalue weighted by atomic mass is 35.5. The largest absolute Gasteiger partial charge is 0.573 e. The van der Waals surface area contributed by atoms with Crippen molar-refractivity contribution in [1.82, 2.24) is 4.90 Å². The SMILES string of the molecule is CC1(C)CN(C(=O)C2CC2c2ccccc2OC(F)(F)F)CCC1N.Cl. The molecule has 0 radical (unpaired) electrons. The van der Waals surface area contributed by atoms with Crippen LogP contribution in [-0.4, -0.2) is 36.3 Å². The van der Waals surface area contributed by atoms with E-state index >= 15 is 0 Å². The molecule has 1 saturated carbocycles. The van der Waals surface area contributed by atoms with Crippen molar-refractivity contribution in [2.45, 2.75) is 45.0 Å². The van der Waals surface area contributed by atoms with E-state index in [9.17, 15) is 18.0 Å². The second kappa shape index (κ2) is 7.27. The van der Waals surface area contributed by atoms with Crippen LogP contribution in [0.2, 0.25) is 0 Å². The molecule has 8 heteroatoms. The summed E-state index contributed by atoms with van der Waals surface area (Å²) in [6, 6.07) is 6.12. The summed E-state index contributed by atoms with van der Waals surface area (Å²) in [7, 11) is 0. The van der Waals surface area contributed by atoms with Gasteiger partial charge in [0.25, 0.3) is 0 Å². The van der Waals surface area contributed by atoms with Crippen molar-refractivity contribution in [2.75, 3.05) is 13.1 Å². The van der Waals surface area contributed by atoms with Crippen molar-refractivity contribution in [3.05, 3.63) is 29.8 Å². The van der Waals surface area contributed by atoms with E-state index in [0.717, 1.165) is 6.42 Å². The summed E-state index contributed by atoms with van der Waals surface area (Å²) in [5.74, 6) is -0.698. The zero-order chi connectivity index (χ0) is 18.4. The maximum Gasteiger partial charge on any atom is 0.573 e. The van der Waals surface area contributed by atoms with Gasteiger partial charge in [-0.25, -0.2) is 0 Å². The molecular formula is C18H24ClF3N2O2. The van der Waals surface area contributed by atoms with Crippen LogP contribution in [0.3, 0.4) is 0 Å². The van der Waals surface area contributed by atoms with Gasteiger partial charge in [-0.05, 0) is 35.8 Å². The highest BCUT2D eigenvalue weighted by Gasteiger charge is 2.49. The molecule has 1 aromatic carbocycles. The van der Waals surface area contributed by atoms with Gasteiger partial charge in [0.15, 0.2) is 0 Å². The Morgan fingerprint density at radius 1 is 1.31 bits per heavy atom. The van der Waals surface area contributed by atoms with E-state index < -0.39 is 6.36 Å². The Morgan fingerprint density at radius 2 is 1.96 bits per heavy atom. The van der Waals surface area contributed by atoms with Gasteiger partial charge in [0, 0.05) is 25.0 Å². The maximum absolute atomic E-state index is 12.8. The molecule has 3 rings (SSSR count). The van der Waals surface area contributed by atoms with E-state index in [1.165, 1.54) is 12.1 Å². The molecule has 1 amide bonds. The van der Waals surface area contributed by atoms with Crippen LogP contribution >= 0.6 is 12.4 Å². The van der Waals surface area contributed by atoms with E-state index in [-0.39, 0.29) is 47.4 Å². The lowest BCUT2D eigenvalue weighted by Crippen LogP contribution is -2.54. The molecule has 26 heavy (non-hydrogen) atoms. The minimum Gasteiger partial charge on any atom is -0.405 e. The highest BCUT2D eigenvalue weighted by Crippen LogP contribution is 2.52. The smallest absolute Gasteiger partial charge is 0.405 e. The summed E-state index contributed by atoms with van der Waals surface area (Å²) in [6.07, 6.45) is -3.44. The number of piperidine rings is 1. The van der Waals surface area contributed by atoms with Crippen molar-refractivity contribution in [1.29, 1.82) is 0 Å². The fourth-order valence-electron chi connectivity index (χ4n) is 3.61. The number of nitrogens with two attached hydrogens (primary N) is 1. The average Bonchev–Trinajstić information content (AvgIpc) is 3.28. The number of carbonyl (C=O) groups is 1. The molecule has 2 N–H and O–H groups in total.